The first-order valence-electron chi connectivity index (χ1n) is 14.4. The van der Waals surface area contributed by atoms with Crippen LogP contribution in [0.5, 0.6) is 0 Å². The van der Waals surface area contributed by atoms with Gasteiger partial charge in [-0.05, 0) is 41.3 Å². The van der Waals surface area contributed by atoms with Gasteiger partial charge < -0.3 is 20.3 Å². The van der Waals surface area contributed by atoms with Gasteiger partial charge in [-0.25, -0.2) is 4.79 Å². The van der Waals surface area contributed by atoms with Crippen molar-refractivity contribution in [1.82, 2.24) is 14.7 Å². The molecule has 0 saturated carbocycles. The van der Waals surface area contributed by atoms with Crippen molar-refractivity contribution in [3.63, 3.8) is 0 Å². The number of fused-ring (bicyclic) bond motifs is 1. The van der Waals surface area contributed by atoms with Gasteiger partial charge in [-0.15, -0.1) is 0 Å². The average Bonchev–Trinajstić information content (AvgIpc) is 3.02. The fraction of sp³-hybridized carbons (Fsp3) is 0.344. The van der Waals surface area contributed by atoms with Gasteiger partial charge >= 0.3 is 18.4 Å². The minimum atomic E-state index is -5.08. The molecule has 2 heterocycles. The molecule has 46 heavy (non-hydrogen) atoms. The van der Waals surface area contributed by atoms with Crippen molar-refractivity contribution in [2.75, 3.05) is 19.6 Å². The maximum Gasteiger partial charge on any atom is 0.416 e. The number of alkyl halides is 6. The van der Waals surface area contributed by atoms with Crippen molar-refractivity contribution in [2.45, 2.75) is 44.1 Å². The summed E-state index contributed by atoms with van der Waals surface area (Å²) in [6.07, 6.45) is -12.1. The van der Waals surface area contributed by atoms with Crippen LogP contribution in [0.4, 0.5) is 31.1 Å². The summed E-state index contributed by atoms with van der Waals surface area (Å²) >= 11 is 0. The fourth-order valence-electron chi connectivity index (χ4n) is 5.85. The minimum Gasteiger partial charge on any atom is -0.444 e. The van der Waals surface area contributed by atoms with Crippen LogP contribution in [0.25, 0.3) is 0 Å². The molecular weight excluding hydrogens is 618 g/mol. The highest BCUT2D eigenvalue weighted by molar-refractivity contribution is 5.92. The van der Waals surface area contributed by atoms with Gasteiger partial charge in [-0.1, -0.05) is 60.7 Å². The van der Waals surface area contributed by atoms with E-state index in [-0.39, 0.29) is 38.7 Å². The second kappa shape index (κ2) is 13.0. The van der Waals surface area contributed by atoms with Gasteiger partial charge in [-0.3, -0.25) is 14.5 Å². The Bertz CT molecular complexity index is 1540. The van der Waals surface area contributed by atoms with Gasteiger partial charge in [0.2, 0.25) is 11.8 Å². The zero-order valence-corrected chi connectivity index (χ0v) is 24.3. The molecule has 8 nitrogen and oxygen atoms in total. The molecule has 2 aliphatic rings. The summed E-state index contributed by atoms with van der Waals surface area (Å²) in [5.41, 5.74) is 3.96. The molecule has 3 amide bonds. The number of carbonyl (C=O) groups excluding carboxylic acids is 3. The monoisotopic (exact) mass is 648 g/mol. The Morgan fingerprint density at radius 2 is 1.35 bits per heavy atom. The molecule has 5 rings (SSSR count). The minimum absolute atomic E-state index is 0.0130. The third-order valence-electron chi connectivity index (χ3n) is 8.03. The lowest BCUT2D eigenvalue weighted by molar-refractivity contribution is -0.172. The number of nitrogens with two attached hydrogens (primary N) is 1. The van der Waals surface area contributed by atoms with Crippen molar-refractivity contribution in [1.29, 1.82) is 0 Å². The second-order valence-corrected chi connectivity index (χ2v) is 11.2. The molecule has 3 aromatic rings. The molecule has 0 radical (unpaired) electrons. The van der Waals surface area contributed by atoms with Crippen LogP contribution in [0, 0.1) is 5.92 Å². The molecular formula is C32H30F6N4O4. The first-order chi connectivity index (χ1) is 21.8. The number of amides is 3. The molecule has 244 valence electrons. The van der Waals surface area contributed by atoms with E-state index in [0.717, 1.165) is 11.1 Å². The Balaban J connectivity index is 1.45. The molecule has 0 aromatic heterocycles. The van der Waals surface area contributed by atoms with Gasteiger partial charge in [0.15, 0.2) is 0 Å². The van der Waals surface area contributed by atoms with Gasteiger partial charge in [0.1, 0.15) is 18.8 Å². The second-order valence-electron chi connectivity index (χ2n) is 11.2. The first kappa shape index (κ1) is 32.8. The summed E-state index contributed by atoms with van der Waals surface area (Å²) in [4.78, 5) is 45.0. The smallest absolute Gasteiger partial charge is 0.416 e. The predicted molar refractivity (Wildman–Crippen MR) is 152 cm³/mol. The van der Waals surface area contributed by atoms with Gasteiger partial charge in [0.05, 0.1) is 23.6 Å². The SMILES string of the molecule is NC[C@H]1C(=O)N(Cc2ccccc2)C[C@@H]2N(C(=O)OCc3cc(C(F)(F)F)cc(C(F)(F)F)c3)C[C@@H](Cc3ccccc3)C(=O)N21. The summed E-state index contributed by atoms with van der Waals surface area (Å²) in [6, 6.07) is 17.7. The van der Waals surface area contributed by atoms with Crippen molar-refractivity contribution < 1.29 is 45.5 Å². The highest BCUT2D eigenvalue weighted by atomic mass is 19.4. The highest BCUT2D eigenvalue weighted by Crippen LogP contribution is 2.37. The summed E-state index contributed by atoms with van der Waals surface area (Å²) < 4.78 is 85.7. The zero-order valence-electron chi connectivity index (χ0n) is 24.3. The number of piperazine rings is 1. The Morgan fingerprint density at radius 1 is 0.783 bits per heavy atom. The molecule has 2 saturated heterocycles. The number of carbonyl (C=O) groups is 3. The fourth-order valence-corrected chi connectivity index (χ4v) is 5.85. The Kier molecular flexibility index (Phi) is 9.29. The Hall–Kier alpha value is -4.59. The first-order valence-corrected chi connectivity index (χ1v) is 14.4. The summed E-state index contributed by atoms with van der Waals surface area (Å²) in [5, 5.41) is 0. The third-order valence-corrected chi connectivity index (χ3v) is 8.03. The van der Waals surface area contributed by atoms with Crippen LogP contribution in [0.3, 0.4) is 0 Å². The summed E-state index contributed by atoms with van der Waals surface area (Å²) in [5.74, 6) is -1.67. The van der Waals surface area contributed by atoms with E-state index in [1.807, 2.05) is 0 Å². The van der Waals surface area contributed by atoms with E-state index in [2.05, 4.69) is 0 Å². The average molecular weight is 649 g/mol. The van der Waals surface area contributed by atoms with Crippen LogP contribution in [0.2, 0.25) is 0 Å². The van der Waals surface area contributed by atoms with Gasteiger partial charge in [0.25, 0.3) is 0 Å². The molecule has 0 aliphatic carbocycles. The van der Waals surface area contributed by atoms with Crippen LogP contribution in [0.1, 0.15) is 27.8 Å². The quantitative estimate of drug-likeness (QED) is 0.362. The predicted octanol–water partition coefficient (Wildman–Crippen LogP) is 5.06. The van der Waals surface area contributed by atoms with E-state index in [1.54, 1.807) is 60.7 Å². The lowest BCUT2D eigenvalue weighted by atomic mass is 9.92. The van der Waals surface area contributed by atoms with Crippen LogP contribution in [0.15, 0.2) is 78.9 Å². The number of hydrogen-bond donors (Lipinski definition) is 1. The van der Waals surface area contributed by atoms with Crippen LogP contribution < -0.4 is 5.73 Å². The lowest BCUT2D eigenvalue weighted by Crippen LogP contribution is -2.74. The zero-order chi connectivity index (χ0) is 33.2. The number of benzene rings is 3. The number of ether oxygens (including phenoxy) is 1. The molecule has 2 aliphatic heterocycles. The Morgan fingerprint density at radius 3 is 1.89 bits per heavy atom. The van der Waals surface area contributed by atoms with E-state index < -0.39 is 71.7 Å². The van der Waals surface area contributed by atoms with Crippen LogP contribution in [-0.2, 0) is 46.3 Å². The number of hydrogen-bond acceptors (Lipinski definition) is 5. The van der Waals surface area contributed by atoms with E-state index in [9.17, 15) is 40.7 Å². The van der Waals surface area contributed by atoms with E-state index in [0.29, 0.717) is 12.1 Å². The number of halogens is 6. The van der Waals surface area contributed by atoms with Crippen molar-refractivity contribution in [3.05, 3.63) is 107 Å². The maximum absolute atomic E-state index is 13.9. The Labute approximate surface area is 260 Å². The largest absolute Gasteiger partial charge is 0.444 e. The molecule has 3 aromatic carbocycles. The number of rotatable bonds is 7. The third kappa shape index (κ3) is 7.11. The molecule has 2 fully saturated rings. The van der Waals surface area contributed by atoms with Crippen molar-refractivity contribution in [3.8, 4) is 0 Å². The van der Waals surface area contributed by atoms with Crippen molar-refractivity contribution in [2.24, 2.45) is 11.7 Å². The normalized spacial score (nSPS) is 20.5. The number of nitrogens with zero attached hydrogens (tertiary/aromatic N) is 3. The van der Waals surface area contributed by atoms with E-state index in [1.165, 1.54) is 14.7 Å². The van der Waals surface area contributed by atoms with Crippen molar-refractivity contribution >= 4 is 17.9 Å². The van der Waals surface area contributed by atoms with Crippen LogP contribution in [-0.4, -0.2) is 64.4 Å². The van der Waals surface area contributed by atoms with Gasteiger partial charge in [-0.2, -0.15) is 26.3 Å². The van der Waals surface area contributed by atoms with Gasteiger partial charge in [0, 0.05) is 19.6 Å². The molecule has 2 N–H and O–H groups in total. The molecule has 0 bridgehead atoms. The molecule has 3 atom stereocenters. The molecule has 0 unspecified atom stereocenters. The standard InChI is InChI=1S/C32H30F6N4O4/c33-31(34,35)24-12-22(13-25(14-24)32(36,37)38)19-46-30(45)41-17-23(11-20-7-3-1-4-8-20)28(43)42-26(15-39)29(44)40(18-27(41)42)16-21-9-5-2-6-10-21/h1-10,12-14,23,26-27H,11,15-19,39H2/t23-,26+,27-/m1/s1. The topological polar surface area (TPSA) is 96.2 Å². The molecule has 14 heteroatoms. The summed E-state index contributed by atoms with van der Waals surface area (Å²) in [6.45, 7) is -1.30. The van der Waals surface area contributed by atoms with E-state index in [4.69, 9.17) is 10.5 Å². The summed E-state index contributed by atoms with van der Waals surface area (Å²) in [7, 11) is 0. The molecule has 0 spiro atoms. The maximum atomic E-state index is 13.9. The van der Waals surface area contributed by atoms with E-state index >= 15 is 0 Å². The highest BCUT2D eigenvalue weighted by Gasteiger charge is 2.51. The van der Waals surface area contributed by atoms with Crippen LogP contribution >= 0.6 is 0 Å². The lowest BCUT2D eigenvalue weighted by Gasteiger charge is -2.53.